The van der Waals surface area contributed by atoms with E-state index in [0.29, 0.717) is 23.2 Å². The molecule has 1 heterocycles. The minimum atomic E-state index is -4.80. The number of halogens is 3. The van der Waals surface area contributed by atoms with Gasteiger partial charge < -0.3 is 9.15 Å². The molecule has 158 valence electrons. The molecule has 0 fully saturated rings. The Bertz CT molecular complexity index is 1110. The largest absolute Gasteiger partial charge is 0.460 e. The molecule has 0 aliphatic carbocycles. The van der Waals surface area contributed by atoms with Crippen LogP contribution in [-0.4, -0.2) is 11.8 Å². The number of hydrogen-bond acceptors (Lipinski definition) is 4. The smallest absolute Gasteiger partial charge is 0.420 e. The minimum absolute atomic E-state index is 0.0475. The first-order valence-corrected chi connectivity index (χ1v) is 9.58. The number of unbranched alkanes of at least 4 members (excludes halogenated alkanes) is 1. The maximum Gasteiger partial charge on any atom is 0.420 e. The summed E-state index contributed by atoms with van der Waals surface area (Å²) in [6.45, 7) is 4.39. The van der Waals surface area contributed by atoms with Crippen LogP contribution in [0.25, 0.3) is 11.0 Å². The van der Waals surface area contributed by atoms with Crippen LogP contribution in [0.15, 0.2) is 40.8 Å². The van der Waals surface area contributed by atoms with E-state index in [2.05, 4.69) is 0 Å². The molecular formula is C23H21F3O4. The van der Waals surface area contributed by atoms with E-state index in [9.17, 15) is 22.8 Å². The fourth-order valence-electron chi connectivity index (χ4n) is 3.40. The SMILES string of the molecule is CCCCc1oc2ccccc2c1C(=O)c1cc(C)c(OC(C)=O)c(C(F)(F)F)c1. The lowest BCUT2D eigenvalue weighted by atomic mass is 9.95. The predicted molar refractivity (Wildman–Crippen MR) is 106 cm³/mol. The topological polar surface area (TPSA) is 56.5 Å². The van der Waals surface area contributed by atoms with Gasteiger partial charge in [0.05, 0.1) is 11.1 Å². The third kappa shape index (κ3) is 4.25. The van der Waals surface area contributed by atoms with Crippen LogP contribution < -0.4 is 4.74 Å². The van der Waals surface area contributed by atoms with Crippen molar-refractivity contribution in [2.75, 3.05) is 0 Å². The summed E-state index contributed by atoms with van der Waals surface area (Å²) in [7, 11) is 0. The molecule has 2 aromatic carbocycles. The average Bonchev–Trinajstić information content (AvgIpc) is 3.04. The fraction of sp³-hybridized carbons (Fsp3) is 0.304. The lowest BCUT2D eigenvalue weighted by Gasteiger charge is -2.16. The summed E-state index contributed by atoms with van der Waals surface area (Å²) in [6, 6.07) is 8.99. The first kappa shape index (κ1) is 21.6. The van der Waals surface area contributed by atoms with Crippen LogP contribution in [0.4, 0.5) is 13.2 Å². The molecule has 0 amide bonds. The molecule has 0 aliphatic rings. The normalized spacial score (nSPS) is 11.7. The molecule has 3 rings (SSSR count). The van der Waals surface area contributed by atoms with E-state index in [4.69, 9.17) is 9.15 Å². The minimum Gasteiger partial charge on any atom is -0.460 e. The molecule has 3 aromatic rings. The molecule has 4 nitrogen and oxygen atoms in total. The Balaban J connectivity index is 2.18. The fourth-order valence-corrected chi connectivity index (χ4v) is 3.40. The molecule has 0 radical (unpaired) electrons. The second-order valence-corrected chi connectivity index (χ2v) is 7.09. The van der Waals surface area contributed by atoms with Gasteiger partial charge in [0.25, 0.3) is 0 Å². The Labute approximate surface area is 171 Å². The molecule has 0 saturated heterocycles. The van der Waals surface area contributed by atoms with E-state index < -0.39 is 29.2 Å². The van der Waals surface area contributed by atoms with Gasteiger partial charge in [0.15, 0.2) is 5.78 Å². The zero-order valence-electron chi connectivity index (χ0n) is 16.9. The number of carbonyl (C=O) groups is 2. The quantitative estimate of drug-likeness (QED) is 0.269. The molecule has 7 heteroatoms. The second-order valence-electron chi connectivity index (χ2n) is 7.09. The highest BCUT2D eigenvalue weighted by Gasteiger charge is 2.37. The molecule has 0 aliphatic heterocycles. The molecular weight excluding hydrogens is 397 g/mol. The number of alkyl halides is 3. The van der Waals surface area contributed by atoms with Crippen molar-refractivity contribution in [3.8, 4) is 5.75 Å². The summed E-state index contributed by atoms with van der Waals surface area (Å²) < 4.78 is 51.5. The Morgan fingerprint density at radius 2 is 1.83 bits per heavy atom. The number of benzene rings is 2. The van der Waals surface area contributed by atoms with Gasteiger partial charge in [-0.15, -0.1) is 0 Å². The highest BCUT2D eigenvalue weighted by atomic mass is 19.4. The van der Waals surface area contributed by atoms with Crippen LogP contribution in [0.2, 0.25) is 0 Å². The first-order chi connectivity index (χ1) is 14.1. The van der Waals surface area contributed by atoms with Crippen molar-refractivity contribution in [1.29, 1.82) is 0 Å². The lowest BCUT2D eigenvalue weighted by molar-refractivity contribution is -0.141. The summed E-state index contributed by atoms with van der Waals surface area (Å²) >= 11 is 0. The highest BCUT2D eigenvalue weighted by Crippen LogP contribution is 2.40. The molecule has 1 aromatic heterocycles. The second kappa shape index (κ2) is 8.34. The summed E-state index contributed by atoms with van der Waals surface area (Å²) in [6.07, 6.45) is -2.64. The highest BCUT2D eigenvalue weighted by molar-refractivity contribution is 6.17. The van der Waals surface area contributed by atoms with Gasteiger partial charge in [-0.2, -0.15) is 13.2 Å². The van der Waals surface area contributed by atoms with Gasteiger partial charge in [0.2, 0.25) is 0 Å². The van der Waals surface area contributed by atoms with E-state index in [1.807, 2.05) is 6.92 Å². The summed E-state index contributed by atoms with van der Waals surface area (Å²) in [4.78, 5) is 24.6. The van der Waals surface area contributed by atoms with E-state index >= 15 is 0 Å². The summed E-state index contributed by atoms with van der Waals surface area (Å²) in [5.41, 5.74) is -0.474. The average molecular weight is 418 g/mol. The third-order valence-electron chi connectivity index (χ3n) is 4.74. The number of rotatable bonds is 6. The molecule has 0 N–H and O–H groups in total. The molecule has 0 spiro atoms. The Morgan fingerprint density at radius 1 is 1.13 bits per heavy atom. The number of esters is 1. The van der Waals surface area contributed by atoms with E-state index in [1.54, 1.807) is 24.3 Å². The Morgan fingerprint density at radius 3 is 2.47 bits per heavy atom. The lowest BCUT2D eigenvalue weighted by Crippen LogP contribution is -2.15. The van der Waals surface area contributed by atoms with Gasteiger partial charge in [-0.1, -0.05) is 31.5 Å². The van der Waals surface area contributed by atoms with Crippen molar-refractivity contribution in [3.05, 3.63) is 64.4 Å². The molecule has 0 bridgehead atoms. The van der Waals surface area contributed by atoms with E-state index in [-0.39, 0.29) is 16.7 Å². The van der Waals surface area contributed by atoms with Crippen molar-refractivity contribution < 1.29 is 31.9 Å². The van der Waals surface area contributed by atoms with Crippen LogP contribution in [0.3, 0.4) is 0 Å². The molecule has 0 atom stereocenters. The van der Waals surface area contributed by atoms with Crippen molar-refractivity contribution >= 4 is 22.7 Å². The standard InChI is InChI=1S/C23H21F3O4/c1-4-5-9-19-20(16-8-6-7-10-18(16)30-19)21(28)15-11-13(2)22(29-14(3)27)17(12-15)23(24,25)26/h6-8,10-12H,4-5,9H2,1-3H3. The van der Waals surface area contributed by atoms with Crippen molar-refractivity contribution in [2.45, 2.75) is 46.2 Å². The zero-order valence-corrected chi connectivity index (χ0v) is 16.9. The predicted octanol–water partition coefficient (Wildman–Crippen LogP) is 6.26. The zero-order chi connectivity index (χ0) is 22.1. The Hall–Kier alpha value is -3.09. The van der Waals surface area contributed by atoms with Crippen LogP contribution in [0, 0.1) is 6.92 Å². The summed E-state index contributed by atoms with van der Waals surface area (Å²) in [5, 5.41) is 0.559. The van der Waals surface area contributed by atoms with Crippen molar-refractivity contribution in [1.82, 2.24) is 0 Å². The van der Waals surface area contributed by atoms with Gasteiger partial charge in [-0.3, -0.25) is 9.59 Å². The van der Waals surface area contributed by atoms with Gasteiger partial charge in [0.1, 0.15) is 17.1 Å². The van der Waals surface area contributed by atoms with Gasteiger partial charge in [0, 0.05) is 24.3 Å². The maximum atomic E-state index is 13.6. The number of fused-ring (bicyclic) bond motifs is 1. The number of carbonyl (C=O) groups excluding carboxylic acids is 2. The van der Waals surface area contributed by atoms with Crippen molar-refractivity contribution in [2.24, 2.45) is 0 Å². The third-order valence-corrected chi connectivity index (χ3v) is 4.74. The van der Waals surface area contributed by atoms with Crippen LogP contribution in [0.5, 0.6) is 5.75 Å². The number of hydrogen-bond donors (Lipinski definition) is 0. The van der Waals surface area contributed by atoms with Crippen molar-refractivity contribution in [3.63, 3.8) is 0 Å². The van der Waals surface area contributed by atoms with Crippen LogP contribution in [-0.2, 0) is 17.4 Å². The monoisotopic (exact) mass is 418 g/mol. The molecule has 30 heavy (non-hydrogen) atoms. The Kier molecular flexibility index (Phi) is 6.01. The number of ether oxygens (including phenoxy) is 1. The van der Waals surface area contributed by atoms with E-state index in [1.165, 1.54) is 13.0 Å². The summed E-state index contributed by atoms with van der Waals surface area (Å²) in [5.74, 6) is -1.56. The van der Waals surface area contributed by atoms with Crippen LogP contribution >= 0.6 is 0 Å². The number of furan rings is 1. The van der Waals surface area contributed by atoms with Crippen LogP contribution in [0.1, 0.15) is 59.5 Å². The number of aryl methyl sites for hydroxylation is 2. The molecule has 0 saturated carbocycles. The molecule has 0 unspecified atom stereocenters. The van der Waals surface area contributed by atoms with Gasteiger partial charge >= 0.3 is 12.1 Å². The van der Waals surface area contributed by atoms with Gasteiger partial charge in [-0.25, -0.2) is 0 Å². The van der Waals surface area contributed by atoms with E-state index in [0.717, 1.165) is 25.8 Å². The number of ketones is 1. The maximum absolute atomic E-state index is 13.6. The van der Waals surface area contributed by atoms with Gasteiger partial charge in [-0.05, 0) is 37.1 Å². The number of para-hydroxylation sites is 1. The first-order valence-electron chi connectivity index (χ1n) is 9.58.